The maximum atomic E-state index is 12.8. The highest BCUT2D eigenvalue weighted by atomic mass is 16.2. The Hall–Kier alpha value is -0.570. The third kappa shape index (κ3) is 4.21. The van der Waals surface area contributed by atoms with Crippen LogP contribution in [0.4, 0.5) is 0 Å². The molecule has 4 atom stereocenters. The number of carbonyl (C=O) groups excluding carboxylic acids is 1. The number of hydrogen-bond acceptors (Lipinski definition) is 2. The lowest BCUT2D eigenvalue weighted by molar-refractivity contribution is -0.131. The summed E-state index contributed by atoms with van der Waals surface area (Å²) in [6.45, 7) is 12.2. The van der Waals surface area contributed by atoms with E-state index in [1.165, 1.54) is 19.3 Å². The van der Waals surface area contributed by atoms with Gasteiger partial charge in [0.25, 0.3) is 0 Å². The van der Waals surface area contributed by atoms with Gasteiger partial charge in [0.15, 0.2) is 0 Å². The largest absolute Gasteiger partial charge is 0.325 e. The van der Waals surface area contributed by atoms with E-state index < -0.39 is 0 Å². The van der Waals surface area contributed by atoms with Crippen molar-refractivity contribution in [1.82, 2.24) is 10.2 Å². The van der Waals surface area contributed by atoms with Crippen LogP contribution in [0.15, 0.2) is 0 Å². The summed E-state index contributed by atoms with van der Waals surface area (Å²) in [6, 6.07) is 0.0467. The van der Waals surface area contributed by atoms with Crippen LogP contribution in [0.2, 0.25) is 0 Å². The lowest BCUT2D eigenvalue weighted by Gasteiger charge is -2.29. The first-order chi connectivity index (χ1) is 9.88. The SMILES string of the molecule is CC(C)CC1NC(CC(C)C)N(CC2CCCC2C)C1=O. The summed E-state index contributed by atoms with van der Waals surface area (Å²) in [7, 11) is 0. The average molecular weight is 294 g/mol. The first kappa shape index (κ1) is 16.8. The Bertz CT molecular complexity index is 353. The summed E-state index contributed by atoms with van der Waals surface area (Å²) in [5, 5.41) is 3.62. The summed E-state index contributed by atoms with van der Waals surface area (Å²) in [6.07, 6.45) is 6.27. The predicted octanol–water partition coefficient (Wildman–Crippen LogP) is 3.64. The van der Waals surface area contributed by atoms with E-state index in [2.05, 4.69) is 44.8 Å². The monoisotopic (exact) mass is 294 g/mol. The molecule has 0 aromatic rings. The maximum Gasteiger partial charge on any atom is 0.241 e. The van der Waals surface area contributed by atoms with Crippen LogP contribution < -0.4 is 5.32 Å². The molecule has 0 bridgehead atoms. The number of carbonyl (C=O) groups is 1. The molecule has 2 rings (SSSR count). The summed E-state index contributed by atoms with van der Waals surface area (Å²) < 4.78 is 0. The van der Waals surface area contributed by atoms with Crippen molar-refractivity contribution in [1.29, 1.82) is 0 Å². The summed E-state index contributed by atoms with van der Waals surface area (Å²) in [5.41, 5.74) is 0. The fraction of sp³-hybridized carbons (Fsp3) is 0.944. The van der Waals surface area contributed by atoms with Gasteiger partial charge in [-0.2, -0.15) is 0 Å². The Balaban J connectivity index is 2.04. The molecule has 0 aromatic carbocycles. The standard InChI is InChI=1S/C18H34N2O/c1-12(2)9-16-18(21)20(17(19-16)10-13(3)4)11-15-8-6-7-14(15)5/h12-17,19H,6-11H2,1-5H3. The summed E-state index contributed by atoms with van der Waals surface area (Å²) >= 11 is 0. The Labute approximate surface area is 130 Å². The molecule has 1 N–H and O–H groups in total. The third-order valence-electron chi connectivity index (χ3n) is 5.22. The van der Waals surface area contributed by atoms with Crippen LogP contribution in [0, 0.1) is 23.7 Å². The van der Waals surface area contributed by atoms with E-state index in [1.54, 1.807) is 0 Å². The fourth-order valence-electron chi connectivity index (χ4n) is 3.99. The Morgan fingerprint density at radius 1 is 1.14 bits per heavy atom. The Kier molecular flexibility index (Phi) is 5.70. The number of nitrogens with one attached hydrogen (secondary N) is 1. The molecule has 0 aromatic heterocycles. The highest BCUT2D eigenvalue weighted by Gasteiger charge is 2.40. The van der Waals surface area contributed by atoms with Crippen LogP contribution in [0.3, 0.4) is 0 Å². The minimum absolute atomic E-state index is 0.0467. The molecule has 1 saturated heterocycles. The predicted molar refractivity (Wildman–Crippen MR) is 87.8 cm³/mol. The molecular formula is C18H34N2O. The van der Waals surface area contributed by atoms with E-state index in [0.717, 1.165) is 25.3 Å². The molecule has 2 fully saturated rings. The van der Waals surface area contributed by atoms with Crippen LogP contribution in [0.1, 0.15) is 66.7 Å². The van der Waals surface area contributed by atoms with Gasteiger partial charge in [-0.15, -0.1) is 0 Å². The minimum Gasteiger partial charge on any atom is -0.325 e. The van der Waals surface area contributed by atoms with Crippen molar-refractivity contribution in [3.8, 4) is 0 Å². The van der Waals surface area contributed by atoms with Crippen molar-refractivity contribution in [3.05, 3.63) is 0 Å². The van der Waals surface area contributed by atoms with Crippen molar-refractivity contribution in [3.63, 3.8) is 0 Å². The lowest BCUT2D eigenvalue weighted by atomic mass is 9.96. The third-order valence-corrected chi connectivity index (χ3v) is 5.22. The molecule has 3 nitrogen and oxygen atoms in total. The molecule has 21 heavy (non-hydrogen) atoms. The zero-order valence-electron chi connectivity index (χ0n) is 14.6. The smallest absolute Gasteiger partial charge is 0.241 e. The van der Waals surface area contributed by atoms with Gasteiger partial charge in [0.2, 0.25) is 5.91 Å². The van der Waals surface area contributed by atoms with Gasteiger partial charge in [-0.05, 0) is 42.9 Å². The highest BCUT2D eigenvalue weighted by molar-refractivity contribution is 5.84. The molecule has 122 valence electrons. The van der Waals surface area contributed by atoms with Gasteiger partial charge in [0.1, 0.15) is 0 Å². The summed E-state index contributed by atoms with van der Waals surface area (Å²) in [4.78, 5) is 15.0. The molecular weight excluding hydrogens is 260 g/mol. The molecule has 2 aliphatic rings. The first-order valence-corrected chi connectivity index (χ1v) is 8.95. The van der Waals surface area contributed by atoms with Gasteiger partial charge in [0, 0.05) is 6.54 Å². The van der Waals surface area contributed by atoms with E-state index in [9.17, 15) is 4.79 Å². The lowest BCUT2D eigenvalue weighted by Crippen LogP contribution is -2.41. The maximum absolute atomic E-state index is 12.8. The Morgan fingerprint density at radius 3 is 2.33 bits per heavy atom. The van der Waals surface area contributed by atoms with Crippen LogP contribution in [-0.4, -0.2) is 29.6 Å². The normalized spacial score (nSPS) is 33.7. The minimum atomic E-state index is 0.0467. The molecule has 3 heteroatoms. The van der Waals surface area contributed by atoms with Crippen LogP contribution in [0.5, 0.6) is 0 Å². The van der Waals surface area contributed by atoms with E-state index in [1.807, 2.05) is 0 Å². The van der Waals surface area contributed by atoms with Crippen molar-refractivity contribution in [2.75, 3.05) is 6.54 Å². The number of hydrogen-bond donors (Lipinski definition) is 1. The average Bonchev–Trinajstić information content (AvgIpc) is 2.88. The van der Waals surface area contributed by atoms with Crippen LogP contribution in [-0.2, 0) is 4.79 Å². The van der Waals surface area contributed by atoms with Gasteiger partial charge in [-0.25, -0.2) is 0 Å². The number of rotatable bonds is 6. The highest BCUT2D eigenvalue weighted by Crippen LogP contribution is 2.33. The zero-order chi connectivity index (χ0) is 15.6. The van der Waals surface area contributed by atoms with E-state index in [-0.39, 0.29) is 12.2 Å². The molecule has 4 unspecified atom stereocenters. The number of amides is 1. The van der Waals surface area contributed by atoms with Gasteiger partial charge < -0.3 is 4.90 Å². The quantitative estimate of drug-likeness (QED) is 0.811. The fourth-order valence-corrected chi connectivity index (χ4v) is 3.99. The van der Waals surface area contributed by atoms with Crippen molar-refractivity contribution >= 4 is 5.91 Å². The topological polar surface area (TPSA) is 32.3 Å². The van der Waals surface area contributed by atoms with E-state index in [4.69, 9.17) is 0 Å². The second-order valence-electron chi connectivity index (χ2n) is 8.15. The second-order valence-corrected chi connectivity index (χ2v) is 8.15. The van der Waals surface area contributed by atoms with Crippen molar-refractivity contribution in [2.24, 2.45) is 23.7 Å². The van der Waals surface area contributed by atoms with E-state index in [0.29, 0.717) is 23.7 Å². The molecule has 0 spiro atoms. The van der Waals surface area contributed by atoms with Crippen molar-refractivity contribution < 1.29 is 4.79 Å². The van der Waals surface area contributed by atoms with Gasteiger partial charge >= 0.3 is 0 Å². The zero-order valence-corrected chi connectivity index (χ0v) is 14.6. The van der Waals surface area contributed by atoms with E-state index >= 15 is 0 Å². The van der Waals surface area contributed by atoms with Crippen LogP contribution >= 0.6 is 0 Å². The van der Waals surface area contributed by atoms with Crippen LogP contribution in [0.25, 0.3) is 0 Å². The molecule has 1 aliphatic carbocycles. The van der Waals surface area contributed by atoms with Gasteiger partial charge in [0.05, 0.1) is 12.2 Å². The molecule has 1 aliphatic heterocycles. The Morgan fingerprint density at radius 2 is 1.81 bits per heavy atom. The molecule has 1 heterocycles. The summed E-state index contributed by atoms with van der Waals surface area (Å²) in [5.74, 6) is 3.03. The second kappa shape index (κ2) is 7.13. The number of nitrogens with zero attached hydrogens (tertiary/aromatic N) is 1. The first-order valence-electron chi connectivity index (χ1n) is 8.95. The molecule has 0 radical (unpaired) electrons. The molecule has 1 amide bonds. The molecule has 1 saturated carbocycles. The van der Waals surface area contributed by atoms with Gasteiger partial charge in [-0.3, -0.25) is 10.1 Å². The van der Waals surface area contributed by atoms with Crippen molar-refractivity contribution in [2.45, 2.75) is 78.9 Å². The van der Waals surface area contributed by atoms with Gasteiger partial charge in [-0.1, -0.05) is 47.5 Å².